The lowest BCUT2D eigenvalue weighted by atomic mass is 10.1. The van der Waals surface area contributed by atoms with Gasteiger partial charge in [0.25, 0.3) is 0 Å². The quantitative estimate of drug-likeness (QED) is 0.425. The summed E-state index contributed by atoms with van der Waals surface area (Å²) in [5, 5.41) is -0.226. The molecule has 0 aromatic rings. The van der Waals surface area contributed by atoms with Gasteiger partial charge in [-0.15, -0.1) is 11.8 Å². The number of unbranched alkanes of at least 4 members (excludes halogenated alkanes) is 1. The number of alkyl halides is 2. The van der Waals surface area contributed by atoms with Crippen molar-refractivity contribution in [2.75, 3.05) is 5.75 Å². The predicted octanol–water partition coefficient (Wildman–Crippen LogP) is 5.30. The van der Waals surface area contributed by atoms with E-state index in [0.717, 1.165) is 0 Å². The van der Waals surface area contributed by atoms with E-state index in [4.69, 9.17) is 4.74 Å². The lowest BCUT2D eigenvalue weighted by molar-refractivity contribution is -0.154. The molecule has 0 bridgehead atoms. The summed E-state index contributed by atoms with van der Waals surface area (Å²) in [6.07, 6.45) is 1.02. The lowest BCUT2D eigenvalue weighted by Gasteiger charge is -2.25. The van der Waals surface area contributed by atoms with E-state index in [1.54, 1.807) is 0 Å². The maximum absolute atomic E-state index is 13.1. The zero-order chi connectivity index (χ0) is 16.7. The van der Waals surface area contributed by atoms with Gasteiger partial charge in [-0.3, -0.25) is 4.79 Å². The van der Waals surface area contributed by atoms with Gasteiger partial charge in [0.2, 0.25) is 5.92 Å². The molecule has 0 aliphatic heterocycles. The molecule has 0 aromatic heterocycles. The van der Waals surface area contributed by atoms with Gasteiger partial charge in [-0.05, 0) is 45.3 Å². The number of halogens is 2. The van der Waals surface area contributed by atoms with Crippen LogP contribution in [0.2, 0.25) is 0 Å². The Labute approximate surface area is 132 Å². The van der Waals surface area contributed by atoms with E-state index in [2.05, 4.69) is 0 Å². The molecule has 0 spiro atoms. The molecule has 0 rings (SSSR count). The normalized spacial score (nSPS) is 14.3. The van der Waals surface area contributed by atoms with Gasteiger partial charge in [0.05, 0.1) is 0 Å². The van der Waals surface area contributed by atoms with Crippen molar-refractivity contribution in [3.05, 3.63) is 0 Å². The number of hydrogen-bond donors (Lipinski definition) is 0. The predicted molar refractivity (Wildman–Crippen MR) is 86.0 cm³/mol. The van der Waals surface area contributed by atoms with E-state index in [1.165, 1.54) is 18.7 Å². The van der Waals surface area contributed by atoms with Crippen LogP contribution in [0.3, 0.4) is 0 Å². The van der Waals surface area contributed by atoms with Gasteiger partial charge in [-0.25, -0.2) is 8.78 Å². The van der Waals surface area contributed by atoms with E-state index < -0.39 is 11.5 Å². The minimum atomic E-state index is -2.55. The molecule has 5 heteroatoms. The van der Waals surface area contributed by atoms with E-state index in [0.29, 0.717) is 18.6 Å². The first-order valence-corrected chi connectivity index (χ1v) is 8.75. The summed E-state index contributed by atoms with van der Waals surface area (Å²) in [5.41, 5.74) is -0.492. The van der Waals surface area contributed by atoms with Crippen LogP contribution >= 0.6 is 11.8 Å². The zero-order valence-electron chi connectivity index (χ0n) is 14.2. The van der Waals surface area contributed by atoms with E-state index >= 15 is 0 Å². The number of esters is 1. The van der Waals surface area contributed by atoms with E-state index in [9.17, 15) is 13.6 Å². The summed E-state index contributed by atoms with van der Waals surface area (Å²) in [4.78, 5) is 12.1. The fourth-order valence-corrected chi connectivity index (χ4v) is 2.96. The highest BCUT2D eigenvalue weighted by Crippen LogP contribution is 2.27. The molecule has 0 saturated heterocycles. The van der Waals surface area contributed by atoms with Crippen LogP contribution in [-0.4, -0.2) is 28.5 Å². The third kappa shape index (κ3) is 10.1. The summed E-state index contributed by atoms with van der Waals surface area (Å²) in [6.45, 7) is 11.0. The second kappa shape index (κ2) is 8.96. The first-order chi connectivity index (χ1) is 9.48. The number of thioether (sulfide) groups is 1. The minimum Gasteiger partial charge on any atom is -0.459 e. The van der Waals surface area contributed by atoms with Crippen molar-refractivity contribution < 1.29 is 18.3 Å². The summed E-state index contributed by atoms with van der Waals surface area (Å²) < 4.78 is 31.6. The fraction of sp³-hybridized carbons (Fsp3) is 0.938. The van der Waals surface area contributed by atoms with Crippen molar-refractivity contribution >= 4 is 17.7 Å². The maximum Gasteiger partial charge on any atom is 0.319 e. The SMILES string of the molecule is CCC(F)(F)CCCCSC(C(=O)OC(C)(C)C)C(C)C. The first-order valence-electron chi connectivity index (χ1n) is 7.71. The number of hydrogen-bond acceptors (Lipinski definition) is 3. The van der Waals surface area contributed by atoms with Crippen LogP contribution in [0.1, 0.15) is 67.2 Å². The summed E-state index contributed by atoms with van der Waals surface area (Å²) in [5.74, 6) is -1.88. The van der Waals surface area contributed by atoms with Crippen molar-refractivity contribution in [3.63, 3.8) is 0 Å². The number of carbonyl (C=O) groups is 1. The molecule has 1 unspecified atom stereocenters. The second-order valence-corrected chi connectivity index (χ2v) is 7.98. The molecule has 0 heterocycles. The van der Waals surface area contributed by atoms with E-state index in [-0.39, 0.29) is 30.0 Å². The largest absolute Gasteiger partial charge is 0.459 e. The van der Waals surface area contributed by atoms with Crippen molar-refractivity contribution in [3.8, 4) is 0 Å². The third-order valence-electron chi connectivity index (χ3n) is 3.00. The number of carbonyl (C=O) groups excluding carboxylic acids is 1. The molecule has 2 nitrogen and oxygen atoms in total. The van der Waals surface area contributed by atoms with Gasteiger partial charge in [0.15, 0.2) is 0 Å². The Hall–Kier alpha value is -0.320. The molecule has 1 atom stereocenters. The smallest absolute Gasteiger partial charge is 0.319 e. The fourth-order valence-electron chi connectivity index (χ4n) is 1.77. The molecule has 0 radical (unpaired) electrons. The average molecular weight is 324 g/mol. The van der Waals surface area contributed by atoms with Crippen LogP contribution in [0.4, 0.5) is 8.78 Å². The van der Waals surface area contributed by atoms with Gasteiger partial charge in [-0.1, -0.05) is 20.8 Å². The van der Waals surface area contributed by atoms with Crippen molar-refractivity contribution in [1.82, 2.24) is 0 Å². The Bertz CT molecular complexity index is 312. The zero-order valence-corrected chi connectivity index (χ0v) is 15.0. The van der Waals surface area contributed by atoms with Gasteiger partial charge >= 0.3 is 5.97 Å². The van der Waals surface area contributed by atoms with Crippen molar-refractivity contribution in [1.29, 1.82) is 0 Å². The summed E-state index contributed by atoms with van der Waals surface area (Å²) >= 11 is 1.52. The Balaban J connectivity index is 4.15. The van der Waals surface area contributed by atoms with Gasteiger partial charge in [-0.2, -0.15) is 0 Å². The molecule has 0 N–H and O–H groups in total. The maximum atomic E-state index is 13.1. The van der Waals surface area contributed by atoms with E-state index in [1.807, 2.05) is 34.6 Å². The molecular weight excluding hydrogens is 294 g/mol. The lowest BCUT2D eigenvalue weighted by Crippen LogP contribution is -2.33. The Morgan fingerprint density at radius 3 is 2.19 bits per heavy atom. The number of ether oxygens (including phenoxy) is 1. The highest BCUT2D eigenvalue weighted by Gasteiger charge is 2.28. The number of rotatable bonds is 9. The van der Waals surface area contributed by atoms with Crippen molar-refractivity contribution in [2.45, 2.75) is 84.0 Å². The molecule has 0 aromatic carbocycles. The summed E-state index contributed by atoms with van der Waals surface area (Å²) in [6, 6.07) is 0. The van der Waals surface area contributed by atoms with Crippen LogP contribution in [0.5, 0.6) is 0 Å². The highest BCUT2D eigenvalue weighted by molar-refractivity contribution is 8.00. The van der Waals surface area contributed by atoms with Crippen LogP contribution in [0.25, 0.3) is 0 Å². The molecule has 21 heavy (non-hydrogen) atoms. The second-order valence-electron chi connectivity index (χ2n) is 6.74. The molecule has 126 valence electrons. The average Bonchev–Trinajstić information content (AvgIpc) is 2.30. The molecule has 0 fully saturated rings. The van der Waals surface area contributed by atoms with Gasteiger partial charge < -0.3 is 4.74 Å². The molecular formula is C16H30F2O2S. The molecule has 0 saturated carbocycles. The van der Waals surface area contributed by atoms with Crippen molar-refractivity contribution in [2.24, 2.45) is 5.92 Å². The Kier molecular flexibility index (Phi) is 8.83. The minimum absolute atomic E-state index is 0.0666. The Morgan fingerprint density at radius 2 is 1.76 bits per heavy atom. The first kappa shape index (κ1) is 20.7. The molecule has 0 aliphatic rings. The monoisotopic (exact) mass is 324 g/mol. The molecule has 0 aliphatic carbocycles. The van der Waals surface area contributed by atoms with Crippen LogP contribution in [0, 0.1) is 5.92 Å². The van der Waals surface area contributed by atoms with Crippen LogP contribution in [-0.2, 0) is 9.53 Å². The topological polar surface area (TPSA) is 26.3 Å². The van der Waals surface area contributed by atoms with Crippen LogP contribution in [0.15, 0.2) is 0 Å². The third-order valence-corrected chi connectivity index (χ3v) is 4.62. The van der Waals surface area contributed by atoms with Gasteiger partial charge in [0.1, 0.15) is 10.9 Å². The van der Waals surface area contributed by atoms with Gasteiger partial charge in [0, 0.05) is 12.8 Å². The molecule has 0 amide bonds. The standard InChI is InChI=1S/C16H30F2O2S/c1-7-16(17,18)10-8-9-11-21-13(12(2)3)14(19)20-15(4,5)6/h12-13H,7-11H2,1-6H3. The Morgan fingerprint density at radius 1 is 1.19 bits per heavy atom. The van der Waals surface area contributed by atoms with Crippen LogP contribution < -0.4 is 0 Å². The summed E-state index contributed by atoms with van der Waals surface area (Å²) in [7, 11) is 0. The highest BCUT2D eigenvalue weighted by atomic mass is 32.2.